The molecule has 3 nitrogen and oxygen atoms in total. The molecule has 0 fully saturated rings. The van der Waals surface area contributed by atoms with Gasteiger partial charge in [0.1, 0.15) is 5.82 Å². The number of nitrogens with zero attached hydrogens (tertiary/aromatic N) is 2. The molecule has 0 atom stereocenters. The molecule has 0 aliphatic heterocycles. The fourth-order valence-electron chi connectivity index (χ4n) is 1.28. The summed E-state index contributed by atoms with van der Waals surface area (Å²) >= 11 is 3.39. The lowest BCUT2D eigenvalue weighted by atomic mass is 10.1. The van der Waals surface area contributed by atoms with E-state index in [1.165, 1.54) is 0 Å². The average molecular weight is 301 g/mol. The minimum Gasteiger partial charge on any atom is -0.324 e. The van der Waals surface area contributed by atoms with Crippen molar-refractivity contribution in [1.29, 1.82) is 0 Å². The summed E-state index contributed by atoms with van der Waals surface area (Å²) in [5.41, 5.74) is 7.45. The van der Waals surface area contributed by atoms with Crippen LogP contribution in [0.1, 0.15) is 5.82 Å². The summed E-state index contributed by atoms with van der Waals surface area (Å²) in [6.07, 6.45) is 1.73. The lowest BCUT2D eigenvalue weighted by Gasteiger charge is -2.02. The van der Waals surface area contributed by atoms with Crippen molar-refractivity contribution in [3.8, 4) is 11.3 Å². The third-order valence-electron chi connectivity index (χ3n) is 2.03. The molecule has 5 heteroatoms. The third kappa shape index (κ3) is 3.01. The molecule has 0 unspecified atom stereocenters. The fraction of sp³-hybridized carbons (Fsp3) is 0.0909. The number of halogens is 2. The molecule has 1 heterocycles. The topological polar surface area (TPSA) is 51.8 Å². The van der Waals surface area contributed by atoms with E-state index in [1.54, 1.807) is 6.20 Å². The van der Waals surface area contributed by atoms with Gasteiger partial charge in [-0.25, -0.2) is 9.97 Å². The Morgan fingerprint density at radius 2 is 1.81 bits per heavy atom. The van der Waals surface area contributed by atoms with Gasteiger partial charge in [-0.2, -0.15) is 0 Å². The highest BCUT2D eigenvalue weighted by Gasteiger charge is 2.00. The highest BCUT2D eigenvalue weighted by atomic mass is 79.9. The first-order chi connectivity index (χ1) is 7.29. The van der Waals surface area contributed by atoms with Crippen LogP contribution in [0.15, 0.2) is 41.0 Å². The average Bonchev–Trinajstić information content (AvgIpc) is 2.30. The minimum absolute atomic E-state index is 0. The number of hydrogen-bond donors (Lipinski definition) is 1. The predicted octanol–water partition coefficient (Wildman–Crippen LogP) is 2.79. The van der Waals surface area contributed by atoms with E-state index in [1.807, 2.05) is 30.3 Å². The zero-order valence-electron chi connectivity index (χ0n) is 8.43. The summed E-state index contributed by atoms with van der Waals surface area (Å²) in [5.74, 6) is 0.662. The van der Waals surface area contributed by atoms with Gasteiger partial charge in [-0.1, -0.05) is 28.1 Å². The maximum Gasteiger partial charge on any atom is 0.142 e. The van der Waals surface area contributed by atoms with Crippen molar-refractivity contribution in [1.82, 2.24) is 9.97 Å². The van der Waals surface area contributed by atoms with E-state index < -0.39 is 0 Å². The summed E-state index contributed by atoms with van der Waals surface area (Å²) in [6.45, 7) is 0.365. The van der Waals surface area contributed by atoms with Crippen LogP contribution in [0.3, 0.4) is 0 Å². The van der Waals surface area contributed by atoms with Crippen molar-refractivity contribution < 1.29 is 0 Å². The van der Waals surface area contributed by atoms with Gasteiger partial charge in [-0.05, 0) is 18.2 Å². The van der Waals surface area contributed by atoms with Gasteiger partial charge in [0.05, 0.1) is 12.2 Å². The Labute approximate surface area is 109 Å². The van der Waals surface area contributed by atoms with Crippen LogP contribution >= 0.6 is 28.3 Å². The molecule has 0 aliphatic rings. The summed E-state index contributed by atoms with van der Waals surface area (Å²) in [4.78, 5) is 8.40. The molecule has 0 saturated carbocycles. The van der Waals surface area contributed by atoms with Crippen LogP contribution in [-0.2, 0) is 6.54 Å². The quantitative estimate of drug-likeness (QED) is 0.928. The van der Waals surface area contributed by atoms with Gasteiger partial charge in [0.2, 0.25) is 0 Å². The van der Waals surface area contributed by atoms with Gasteiger partial charge in [0.25, 0.3) is 0 Å². The van der Waals surface area contributed by atoms with Gasteiger partial charge in [0, 0.05) is 16.2 Å². The Morgan fingerprint density at radius 1 is 1.12 bits per heavy atom. The second-order valence-corrected chi connectivity index (χ2v) is 3.98. The van der Waals surface area contributed by atoms with Crippen LogP contribution in [-0.4, -0.2) is 9.97 Å². The Kier molecular flexibility index (Phi) is 4.86. The highest BCUT2D eigenvalue weighted by Crippen LogP contribution is 2.19. The molecule has 1 aromatic carbocycles. The molecular formula is C11H11BrClN3. The Morgan fingerprint density at radius 3 is 2.44 bits per heavy atom. The molecule has 84 valence electrons. The molecule has 0 saturated heterocycles. The van der Waals surface area contributed by atoms with Crippen molar-refractivity contribution >= 4 is 28.3 Å². The lowest BCUT2D eigenvalue weighted by molar-refractivity contribution is 0.912. The maximum atomic E-state index is 5.49. The Hall–Kier alpha value is -0.970. The Balaban J connectivity index is 0.00000128. The van der Waals surface area contributed by atoms with Crippen molar-refractivity contribution in [2.75, 3.05) is 0 Å². The fourth-order valence-corrected chi connectivity index (χ4v) is 1.54. The number of benzene rings is 1. The van der Waals surface area contributed by atoms with Crippen LogP contribution in [0.5, 0.6) is 0 Å². The summed E-state index contributed by atoms with van der Waals surface area (Å²) in [7, 11) is 0. The van der Waals surface area contributed by atoms with E-state index >= 15 is 0 Å². The first-order valence-corrected chi connectivity index (χ1v) is 5.37. The van der Waals surface area contributed by atoms with Gasteiger partial charge >= 0.3 is 0 Å². The second-order valence-electron chi connectivity index (χ2n) is 3.07. The first kappa shape index (κ1) is 13.1. The standard InChI is InChI=1S/C11H10BrN3.ClH/c12-9-3-1-8(2-4-9)10-5-6-14-11(7-13)15-10;/h1-6H,7,13H2;1H. The smallest absolute Gasteiger partial charge is 0.142 e. The zero-order valence-corrected chi connectivity index (χ0v) is 10.8. The number of aromatic nitrogens is 2. The largest absolute Gasteiger partial charge is 0.324 e. The van der Waals surface area contributed by atoms with E-state index in [4.69, 9.17) is 5.73 Å². The van der Waals surface area contributed by atoms with Crippen molar-refractivity contribution in [3.63, 3.8) is 0 Å². The molecule has 0 bridgehead atoms. The molecule has 2 aromatic rings. The SMILES string of the molecule is Cl.NCc1nccc(-c2ccc(Br)cc2)n1. The Bertz CT molecular complexity index is 459. The van der Waals surface area contributed by atoms with E-state index in [9.17, 15) is 0 Å². The zero-order chi connectivity index (χ0) is 10.7. The van der Waals surface area contributed by atoms with E-state index in [0.29, 0.717) is 12.4 Å². The van der Waals surface area contributed by atoms with Gasteiger partial charge in [0.15, 0.2) is 0 Å². The minimum atomic E-state index is 0. The summed E-state index contributed by atoms with van der Waals surface area (Å²) in [5, 5.41) is 0. The third-order valence-corrected chi connectivity index (χ3v) is 2.56. The van der Waals surface area contributed by atoms with E-state index in [-0.39, 0.29) is 12.4 Å². The molecule has 16 heavy (non-hydrogen) atoms. The molecule has 0 aliphatic carbocycles. The molecule has 1 aromatic heterocycles. The van der Waals surface area contributed by atoms with Gasteiger partial charge in [-0.15, -0.1) is 12.4 Å². The number of hydrogen-bond acceptors (Lipinski definition) is 3. The van der Waals surface area contributed by atoms with Gasteiger partial charge in [-0.3, -0.25) is 0 Å². The summed E-state index contributed by atoms with van der Waals surface area (Å²) < 4.78 is 1.05. The first-order valence-electron chi connectivity index (χ1n) is 4.57. The molecule has 2 N–H and O–H groups in total. The van der Waals surface area contributed by atoms with Crippen LogP contribution in [0, 0.1) is 0 Å². The van der Waals surface area contributed by atoms with Crippen LogP contribution in [0.25, 0.3) is 11.3 Å². The van der Waals surface area contributed by atoms with E-state index in [2.05, 4.69) is 25.9 Å². The summed E-state index contributed by atoms with van der Waals surface area (Å²) in [6, 6.07) is 9.86. The normalized spacial score (nSPS) is 9.62. The monoisotopic (exact) mass is 299 g/mol. The number of rotatable bonds is 2. The van der Waals surface area contributed by atoms with Crippen molar-refractivity contribution in [3.05, 3.63) is 46.8 Å². The molecular weight excluding hydrogens is 289 g/mol. The molecule has 2 rings (SSSR count). The predicted molar refractivity (Wildman–Crippen MR) is 70.3 cm³/mol. The van der Waals surface area contributed by atoms with Crippen molar-refractivity contribution in [2.24, 2.45) is 5.73 Å². The van der Waals surface area contributed by atoms with Crippen LogP contribution in [0.2, 0.25) is 0 Å². The lowest BCUT2D eigenvalue weighted by Crippen LogP contribution is -2.02. The maximum absolute atomic E-state index is 5.49. The molecule has 0 spiro atoms. The van der Waals surface area contributed by atoms with Crippen LogP contribution in [0.4, 0.5) is 0 Å². The number of nitrogens with two attached hydrogens (primary N) is 1. The second kappa shape index (κ2) is 5.94. The van der Waals surface area contributed by atoms with Crippen LogP contribution < -0.4 is 5.73 Å². The molecule has 0 amide bonds. The van der Waals surface area contributed by atoms with Crippen molar-refractivity contribution in [2.45, 2.75) is 6.54 Å². The highest BCUT2D eigenvalue weighted by molar-refractivity contribution is 9.10. The van der Waals surface area contributed by atoms with Gasteiger partial charge < -0.3 is 5.73 Å². The van der Waals surface area contributed by atoms with E-state index in [0.717, 1.165) is 15.7 Å². The molecule has 0 radical (unpaired) electrons.